The summed E-state index contributed by atoms with van der Waals surface area (Å²) in [6.07, 6.45) is 1.05. The van der Waals surface area contributed by atoms with E-state index in [0.29, 0.717) is 11.3 Å². The lowest BCUT2D eigenvalue weighted by Gasteiger charge is -2.13. The molecule has 0 aliphatic heterocycles. The molecule has 0 saturated heterocycles. The number of ether oxygens (including phenoxy) is 1. The van der Waals surface area contributed by atoms with Crippen molar-refractivity contribution < 1.29 is 18.7 Å². The molecule has 2 heterocycles. The normalized spacial score (nSPS) is 11.5. The smallest absolute Gasteiger partial charge is 0.267 e. The minimum absolute atomic E-state index is 0.0231. The fourth-order valence-electron chi connectivity index (χ4n) is 2.28. The van der Waals surface area contributed by atoms with Crippen LogP contribution in [0.3, 0.4) is 0 Å². The van der Waals surface area contributed by atoms with Crippen LogP contribution in [-0.4, -0.2) is 32.8 Å². The highest BCUT2D eigenvalue weighted by molar-refractivity contribution is 5.92. The van der Waals surface area contributed by atoms with Crippen LogP contribution in [0.25, 0.3) is 11.4 Å². The molecule has 5 N–H and O–H groups in total. The maximum Gasteiger partial charge on any atom is 0.267 e. The summed E-state index contributed by atoms with van der Waals surface area (Å²) in [6, 6.07) is 9.88. The Balaban J connectivity index is 1.86. The molecule has 29 heavy (non-hydrogen) atoms. The summed E-state index contributed by atoms with van der Waals surface area (Å²) in [6.45, 7) is 1.56. The van der Waals surface area contributed by atoms with Gasteiger partial charge in [-0.25, -0.2) is 19.3 Å². The number of pyridine rings is 1. The third-order valence-electron chi connectivity index (χ3n) is 3.80. The lowest BCUT2D eigenvalue weighted by Crippen LogP contribution is -2.33. The van der Waals surface area contributed by atoms with Crippen LogP contribution in [0.2, 0.25) is 0 Å². The van der Waals surface area contributed by atoms with Gasteiger partial charge in [-0.1, -0.05) is 0 Å². The van der Waals surface area contributed by atoms with Crippen molar-refractivity contribution in [2.45, 2.75) is 13.0 Å². The number of carbonyl (C=O) groups excluding carboxylic acids is 2. The summed E-state index contributed by atoms with van der Waals surface area (Å²) in [5, 5.41) is 2.80. The second-order valence-electron chi connectivity index (χ2n) is 6.04. The lowest BCUT2D eigenvalue weighted by molar-refractivity contribution is -0.118. The van der Waals surface area contributed by atoms with Crippen molar-refractivity contribution >= 4 is 17.6 Å². The van der Waals surface area contributed by atoms with Crippen LogP contribution in [0.4, 0.5) is 10.2 Å². The van der Waals surface area contributed by atoms with E-state index in [-0.39, 0.29) is 23.2 Å². The average Bonchev–Trinajstić information content (AvgIpc) is 2.70. The summed E-state index contributed by atoms with van der Waals surface area (Å²) < 4.78 is 18.4. The van der Waals surface area contributed by atoms with E-state index < -0.39 is 23.7 Å². The van der Waals surface area contributed by atoms with Crippen LogP contribution >= 0.6 is 0 Å². The van der Waals surface area contributed by atoms with Crippen molar-refractivity contribution in [1.82, 2.24) is 15.0 Å². The first kappa shape index (κ1) is 19.7. The average molecular weight is 396 g/mol. The zero-order valence-corrected chi connectivity index (χ0v) is 15.3. The molecule has 0 saturated carbocycles. The van der Waals surface area contributed by atoms with Gasteiger partial charge in [0.25, 0.3) is 5.91 Å². The molecule has 10 heteroatoms. The van der Waals surface area contributed by atoms with Gasteiger partial charge in [-0.3, -0.25) is 9.59 Å². The third kappa shape index (κ3) is 5.01. The van der Waals surface area contributed by atoms with Gasteiger partial charge in [-0.05, 0) is 37.3 Å². The molecule has 2 aromatic heterocycles. The zero-order chi connectivity index (χ0) is 21.0. The van der Waals surface area contributed by atoms with Crippen LogP contribution < -0.4 is 21.5 Å². The number of halogens is 1. The Bertz CT molecular complexity index is 1040. The molecule has 0 radical (unpaired) electrons. The largest absolute Gasteiger partial charge is 0.439 e. The summed E-state index contributed by atoms with van der Waals surface area (Å²) in [5.41, 5.74) is 11.1. The quantitative estimate of drug-likeness (QED) is 0.552. The fourth-order valence-corrected chi connectivity index (χ4v) is 2.28. The van der Waals surface area contributed by atoms with Crippen molar-refractivity contribution in [2.75, 3.05) is 5.32 Å². The van der Waals surface area contributed by atoms with Gasteiger partial charge in [0.05, 0.1) is 6.20 Å². The maximum absolute atomic E-state index is 12.9. The highest BCUT2D eigenvalue weighted by atomic mass is 19.1. The topological polar surface area (TPSA) is 146 Å². The molecule has 1 unspecified atom stereocenters. The Kier molecular flexibility index (Phi) is 5.63. The van der Waals surface area contributed by atoms with Crippen molar-refractivity contribution in [3.05, 3.63) is 60.2 Å². The van der Waals surface area contributed by atoms with E-state index in [9.17, 15) is 14.0 Å². The second-order valence-corrected chi connectivity index (χ2v) is 6.04. The van der Waals surface area contributed by atoms with E-state index in [1.165, 1.54) is 18.2 Å². The number of benzene rings is 1. The number of nitrogens with zero attached hydrogens (tertiary/aromatic N) is 3. The minimum atomic E-state index is -0.745. The minimum Gasteiger partial charge on any atom is -0.439 e. The van der Waals surface area contributed by atoms with Crippen molar-refractivity contribution in [3.63, 3.8) is 0 Å². The molecule has 2 amide bonds. The van der Waals surface area contributed by atoms with E-state index in [2.05, 4.69) is 20.3 Å². The molecule has 0 bridgehead atoms. The van der Waals surface area contributed by atoms with Gasteiger partial charge in [0.15, 0.2) is 5.82 Å². The molecule has 0 aliphatic rings. The first-order chi connectivity index (χ1) is 13.8. The summed E-state index contributed by atoms with van der Waals surface area (Å²) in [7, 11) is 0. The van der Waals surface area contributed by atoms with Gasteiger partial charge in [0.2, 0.25) is 11.8 Å². The van der Waals surface area contributed by atoms with Crippen LogP contribution in [0.15, 0.2) is 48.7 Å². The lowest BCUT2D eigenvalue weighted by atomic mass is 10.2. The van der Waals surface area contributed by atoms with Gasteiger partial charge >= 0.3 is 0 Å². The Hall–Kier alpha value is -4.08. The SMILES string of the molecule is CC(Nc1cc(C(N)=O)nc(-c2ccc(Oc3ccc(F)cn3)cc2)n1)C(N)=O. The summed E-state index contributed by atoms with van der Waals surface area (Å²) in [4.78, 5) is 35.1. The van der Waals surface area contributed by atoms with Gasteiger partial charge in [0, 0.05) is 17.7 Å². The van der Waals surface area contributed by atoms with E-state index in [1.807, 2.05) is 0 Å². The number of nitrogens with two attached hydrogens (primary N) is 2. The number of amides is 2. The van der Waals surface area contributed by atoms with Crippen molar-refractivity contribution in [1.29, 1.82) is 0 Å². The van der Waals surface area contributed by atoms with Crippen LogP contribution in [0, 0.1) is 5.82 Å². The second kappa shape index (κ2) is 8.30. The van der Waals surface area contributed by atoms with Crippen molar-refractivity contribution in [3.8, 4) is 23.0 Å². The van der Waals surface area contributed by atoms with Gasteiger partial charge in [0.1, 0.15) is 29.1 Å². The van der Waals surface area contributed by atoms with Gasteiger partial charge < -0.3 is 21.5 Å². The first-order valence-electron chi connectivity index (χ1n) is 8.46. The summed E-state index contributed by atoms with van der Waals surface area (Å²) >= 11 is 0. The van der Waals surface area contributed by atoms with E-state index in [0.717, 1.165) is 6.20 Å². The number of hydrogen-bond acceptors (Lipinski definition) is 7. The Labute approximate surface area is 164 Å². The molecule has 0 fully saturated rings. The first-order valence-corrected chi connectivity index (χ1v) is 8.46. The molecule has 1 aromatic carbocycles. The van der Waals surface area contributed by atoms with Gasteiger partial charge in [-0.2, -0.15) is 0 Å². The Morgan fingerprint density at radius 3 is 2.41 bits per heavy atom. The molecule has 0 spiro atoms. The molecule has 9 nitrogen and oxygen atoms in total. The highest BCUT2D eigenvalue weighted by Crippen LogP contribution is 2.24. The van der Waals surface area contributed by atoms with Crippen molar-refractivity contribution in [2.24, 2.45) is 11.5 Å². The molecule has 148 valence electrons. The maximum atomic E-state index is 12.9. The predicted octanol–water partition coefficient (Wildman–Crippen LogP) is 1.85. The van der Waals surface area contributed by atoms with Crippen LogP contribution in [0.1, 0.15) is 17.4 Å². The predicted molar refractivity (Wildman–Crippen MR) is 103 cm³/mol. The van der Waals surface area contributed by atoms with E-state index in [1.54, 1.807) is 31.2 Å². The number of hydrogen-bond donors (Lipinski definition) is 3. The van der Waals surface area contributed by atoms with Gasteiger partial charge in [-0.15, -0.1) is 0 Å². The Morgan fingerprint density at radius 2 is 1.83 bits per heavy atom. The number of anilines is 1. The molecule has 0 aliphatic carbocycles. The van der Waals surface area contributed by atoms with Crippen LogP contribution in [-0.2, 0) is 4.79 Å². The van der Waals surface area contributed by atoms with E-state index in [4.69, 9.17) is 16.2 Å². The molecule has 1 atom stereocenters. The number of rotatable bonds is 7. The number of aromatic nitrogens is 3. The highest BCUT2D eigenvalue weighted by Gasteiger charge is 2.14. The number of primary amides is 2. The fraction of sp³-hybridized carbons (Fsp3) is 0.105. The monoisotopic (exact) mass is 396 g/mol. The summed E-state index contributed by atoms with van der Waals surface area (Å²) in [5.74, 6) is -0.655. The van der Waals surface area contributed by atoms with E-state index >= 15 is 0 Å². The zero-order valence-electron chi connectivity index (χ0n) is 15.3. The number of carbonyl (C=O) groups is 2. The molecular weight excluding hydrogens is 379 g/mol. The standard InChI is InChI=1S/C19H17FN6O3/c1-10(17(21)27)24-15-8-14(18(22)28)25-19(26-15)11-2-5-13(6-3-11)29-16-7-4-12(20)9-23-16/h2-10H,1H3,(H2,21,27)(H2,22,28)(H,24,25,26). The molecular formula is C19H17FN6O3. The Morgan fingerprint density at radius 1 is 1.10 bits per heavy atom. The molecule has 3 rings (SSSR count). The third-order valence-corrected chi connectivity index (χ3v) is 3.80. The van der Waals surface area contributed by atoms with Crippen LogP contribution in [0.5, 0.6) is 11.6 Å². The molecule has 3 aromatic rings. The number of nitrogens with one attached hydrogen (secondary N) is 1.